The van der Waals surface area contributed by atoms with E-state index in [2.05, 4.69) is 0 Å². The quantitative estimate of drug-likeness (QED) is 0.333. The van der Waals surface area contributed by atoms with Gasteiger partial charge >= 0.3 is 51.4 Å². The summed E-state index contributed by atoms with van der Waals surface area (Å²) in [6, 6.07) is 0. The van der Waals surface area contributed by atoms with Gasteiger partial charge in [0.05, 0.1) is 16.2 Å². The van der Waals surface area contributed by atoms with Crippen LogP contribution in [0.5, 0.6) is 0 Å². The molecule has 0 aromatic heterocycles. The molecule has 0 aromatic rings. The van der Waals surface area contributed by atoms with Crippen LogP contribution in [-0.2, 0) is 10.1 Å². The number of aliphatic hydroxyl groups is 1. The van der Waals surface area contributed by atoms with Gasteiger partial charge in [0, 0.05) is 5.25 Å². The Kier molecular flexibility index (Phi) is 14.9. The van der Waals surface area contributed by atoms with Gasteiger partial charge in [-0.1, -0.05) is 39.0 Å². The van der Waals surface area contributed by atoms with Crippen LogP contribution in [0, 0.1) is 0 Å². The summed E-state index contributed by atoms with van der Waals surface area (Å²) < 4.78 is 33.1. The molecule has 0 aliphatic rings. The summed E-state index contributed by atoms with van der Waals surface area (Å²) in [4.78, 5) is 0. The van der Waals surface area contributed by atoms with Gasteiger partial charge in [0.25, 0.3) is 0 Å². The first-order chi connectivity index (χ1) is 7.88. The number of unbranched alkanes of at least 4 members (excludes halogenated alkanes) is 3. The minimum absolute atomic E-state index is 0. The molecule has 2 atom stereocenters. The average Bonchev–Trinajstić information content (AvgIpc) is 2.19. The Morgan fingerprint density at radius 3 is 1.89 bits per heavy atom. The van der Waals surface area contributed by atoms with Crippen LogP contribution in [0.3, 0.4) is 0 Å². The van der Waals surface area contributed by atoms with Crippen molar-refractivity contribution in [1.29, 1.82) is 0 Å². The topological polar surface area (TPSA) is 77.4 Å². The van der Waals surface area contributed by atoms with Crippen molar-refractivity contribution in [2.45, 2.75) is 76.6 Å². The second-order valence-electron chi connectivity index (χ2n) is 4.74. The molecule has 0 aliphatic heterocycles. The van der Waals surface area contributed by atoms with Crippen molar-refractivity contribution in [2.24, 2.45) is 0 Å². The SMILES string of the molecule is CCCCCC(CCCCC(C)O)S(=O)(=O)[O-].[K+]. The zero-order chi connectivity index (χ0) is 13.3. The molecule has 18 heavy (non-hydrogen) atoms. The molecular weight excluding hydrogens is 279 g/mol. The number of hydrogen-bond donors (Lipinski definition) is 1. The zero-order valence-corrected chi connectivity index (χ0v) is 15.8. The van der Waals surface area contributed by atoms with Crippen LogP contribution in [0.25, 0.3) is 0 Å². The smallest absolute Gasteiger partial charge is 0.748 e. The summed E-state index contributed by atoms with van der Waals surface area (Å²) in [5, 5.41) is 8.34. The van der Waals surface area contributed by atoms with Gasteiger partial charge in [0.2, 0.25) is 0 Å². The largest absolute Gasteiger partial charge is 1.00 e. The third-order valence-electron chi connectivity index (χ3n) is 2.94. The Balaban J connectivity index is 0. The van der Waals surface area contributed by atoms with Gasteiger partial charge in [-0.3, -0.25) is 0 Å². The molecule has 2 unspecified atom stereocenters. The molecule has 0 radical (unpaired) electrons. The maximum atomic E-state index is 11.0. The Labute approximate surface area is 154 Å². The minimum atomic E-state index is -4.16. The van der Waals surface area contributed by atoms with Crippen molar-refractivity contribution < 1.29 is 69.5 Å². The Bertz CT molecular complexity index is 278. The van der Waals surface area contributed by atoms with Crippen molar-refractivity contribution in [3.8, 4) is 0 Å². The standard InChI is InChI=1S/C12H26O4S.K/c1-3-4-5-9-12(17(14,15)16)10-7-6-8-11(2)13;/h11-13H,3-10H2,1-2H3,(H,14,15,16);/q;+1/p-1. The molecule has 0 fully saturated rings. The number of hydrogen-bond acceptors (Lipinski definition) is 4. The van der Waals surface area contributed by atoms with Crippen molar-refractivity contribution in [3.63, 3.8) is 0 Å². The molecule has 104 valence electrons. The van der Waals surface area contributed by atoms with E-state index in [1.165, 1.54) is 0 Å². The summed E-state index contributed by atoms with van der Waals surface area (Å²) in [5.41, 5.74) is 0. The zero-order valence-electron chi connectivity index (χ0n) is 11.9. The first-order valence-electron chi connectivity index (χ1n) is 6.50. The second-order valence-corrected chi connectivity index (χ2v) is 6.40. The van der Waals surface area contributed by atoms with Gasteiger partial charge in [-0.05, 0) is 26.2 Å². The normalized spacial score (nSPS) is 14.9. The fourth-order valence-electron chi connectivity index (χ4n) is 1.87. The monoisotopic (exact) mass is 304 g/mol. The van der Waals surface area contributed by atoms with Crippen molar-refractivity contribution in [2.75, 3.05) is 0 Å². The first kappa shape index (κ1) is 21.8. The molecule has 0 aromatic carbocycles. The van der Waals surface area contributed by atoms with E-state index in [1.54, 1.807) is 6.92 Å². The van der Waals surface area contributed by atoms with Crippen LogP contribution in [0.4, 0.5) is 0 Å². The van der Waals surface area contributed by atoms with E-state index in [0.717, 1.165) is 25.7 Å². The first-order valence-corrected chi connectivity index (χ1v) is 7.97. The molecule has 0 saturated carbocycles. The molecular formula is C12H25KO4S. The Morgan fingerprint density at radius 1 is 1.06 bits per heavy atom. The number of aliphatic hydroxyl groups excluding tert-OH is 1. The van der Waals surface area contributed by atoms with Crippen LogP contribution in [0.15, 0.2) is 0 Å². The van der Waals surface area contributed by atoms with Gasteiger partial charge in [0.1, 0.15) is 0 Å². The third kappa shape index (κ3) is 12.5. The van der Waals surface area contributed by atoms with Crippen LogP contribution in [-0.4, -0.2) is 29.4 Å². The van der Waals surface area contributed by atoms with Crippen LogP contribution in [0.1, 0.15) is 65.2 Å². The summed E-state index contributed by atoms with van der Waals surface area (Å²) in [7, 11) is -4.16. The molecule has 0 bridgehead atoms. The predicted molar refractivity (Wildman–Crippen MR) is 67.8 cm³/mol. The van der Waals surface area contributed by atoms with Crippen molar-refractivity contribution in [3.05, 3.63) is 0 Å². The fraction of sp³-hybridized carbons (Fsp3) is 1.00. The van der Waals surface area contributed by atoms with Gasteiger partial charge in [0.15, 0.2) is 0 Å². The molecule has 1 N–H and O–H groups in total. The maximum Gasteiger partial charge on any atom is 1.00 e. The maximum absolute atomic E-state index is 11.0. The molecule has 0 rings (SSSR count). The fourth-order valence-corrected chi connectivity index (χ4v) is 2.78. The molecule has 4 nitrogen and oxygen atoms in total. The van der Waals surface area contributed by atoms with Gasteiger partial charge < -0.3 is 9.66 Å². The second kappa shape index (κ2) is 12.3. The molecule has 0 amide bonds. The summed E-state index contributed by atoms with van der Waals surface area (Å²) in [5.74, 6) is 0. The van der Waals surface area contributed by atoms with E-state index in [4.69, 9.17) is 5.11 Å². The van der Waals surface area contributed by atoms with Crippen LogP contribution < -0.4 is 51.4 Å². The molecule has 0 heterocycles. The number of rotatable bonds is 10. The summed E-state index contributed by atoms with van der Waals surface area (Å²) >= 11 is 0. The molecule has 0 spiro atoms. The van der Waals surface area contributed by atoms with Crippen LogP contribution in [0.2, 0.25) is 0 Å². The Morgan fingerprint density at radius 2 is 1.50 bits per heavy atom. The van der Waals surface area contributed by atoms with Gasteiger partial charge in [-0.25, -0.2) is 8.42 Å². The van der Waals surface area contributed by atoms with Crippen molar-refractivity contribution >= 4 is 10.1 Å². The van der Waals surface area contributed by atoms with Gasteiger partial charge in [-0.15, -0.1) is 0 Å². The van der Waals surface area contributed by atoms with Gasteiger partial charge in [-0.2, -0.15) is 0 Å². The van der Waals surface area contributed by atoms with E-state index in [9.17, 15) is 13.0 Å². The van der Waals surface area contributed by atoms with E-state index in [0.29, 0.717) is 25.7 Å². The predicted octanol–water partition coefficient (Wildman–Crippen LogP) is -0.574. The van der Waals surface area contributed by atoms with E-state index >= 15 is 0 Å². The van der Waals surface area contributed by atoms with E-state index in [1.807, 2.05) is 6.92 Å². The Hall–Kier alpha value is 1.51. The summed E-state index contributed by atoms with van der Waals surface area (Å²) in [6.45, 7) is 3.76. The van der Waals surface area contributed by atoms with Crippen molar-refractivity contribution in [1.82, 2.24) is 0 Å². The van der Waals surface area contributed by atoms with E-state index in [-0.39, 0.29) is 57.5 Å². The van der Waals surface area contributed by atoms with E-state index < -0.39 is 15.4 Å². The summed E-state index contributed by atoms with van der Waals surface area (Å²) in [6.07, 6.45) is 5.50. The molecule has 0 saturated heterocycles. The average molecular weight is 304 g/mol. The van der Waals surface area contributed by atoms with Crippen LogP contribution >= 0.6 is 0 Å². The third-order valence-corrected chi connectivity index (χ3v) is 4.22. The molecule has 6 heteroatoms. The molecule has 0 aliphatic carbocycles. The minimum Gasteiger partial charge on any atom is -0.748 e.